The lowest BCUT2D eigenvalue weighted by Crippen LogP contribution is -2.44. The highest BCUT2D eigenvalue weighted by molar-refractivity contribution is 5.91. The van der Waals surface area contributed by atoms with Gasteiger partial charge in [-0.1, -0.05) is 36.4 Å². The van der Waals surface area contributed by atoms with Crippen LogP contribution in [0.25, 0.3) is 0 Å². The summed E-state index contributed by atoms with van der Waals surface area (Å²) < 4.78 is 11.1. The molecule has 5 rings (SSSR count). The van der Waals surface area contributed by atoms with E-state index in [9.17, 15) is 4.79 Å². The molecule has 1 aromatic heterocycles. The predicted molar refractivity (Wildman–Crippen MR) is 132 cm³/mol. The van der Waals surface area contributed by atoms with Crippen LogP contribution in [-0.4, -0.2) is 36.0 Å². The quantitative estimate of drug-likeness (QED) is 0.469. The molecule has 0 unspecified atom stereocenters. The van der Waals surface area contributed by atoms with Gasteiger partial charge in [-0.25, -0.2) is 0 Å². The molecule has 2 fully saturated rings. The number of rotatable bonds is 8. The number of carbonyl (C=O) groups excluding carboxylic acids is 1. The van der Waals surface area contributed by atoms with Crippen molar-refractivity contribution in [1.29, 1.82) is 0 Å². The zero-order valence-corrected chi connectivity index (χ0v) is 19.8. The number of methoxy groups -OCH3 is 1. The highest BCUT2D eigenvalue weighted by Crippen LogP contribution is 2.50. The van der Waals surface area contributed by atoms with E-state index in [-0.39, 0.29) is 5.41 Å². The van der Waals surface area contributed by atoms with Crippen LogP contribution < -0.4 is 9.47 Å². The van der Waals surface area contributed by atoms with Crippen LogP contribution in [0.3, 0.4) is 0 Å². The number of hydrogen-bond acceptors (Lipinski definition) is 4. The molecule has 1 aliphatic heterocycles. The summed E-state index contributed by atoms with van der Waals surface area (Å²) in [6, 6.07) is 20.6. The van der Waals surface area contributed by atoms with Crippen LogP contribution in [0.2, 0.25) is 0 Å². The highest BCUT2D eigenvalue weighted by Gasteiger charge is 2.53. The number of carbonyl (C=O) groups is 1. The Labute approximate surface area is 201 Å². The fourth-order valence-electron chi connectivity index (χ4n) is 5.01. The molecule has 0 atom stereocenters. The smallest absolute Gasteiger partial charge is 0.233 e. The third kappa shape index (κ3) is 4.93. The van der Waals surface area contributed by atoms with Gasteiger partial charge in [0, 0.05) is 19.3 Å². The van der Waals surface area contributed by atoms with Crippen molar-refractivity contribution in [3.63, 3.8) is 0 Å². The summed E-state index contributed by atoms with van der Waals surface area (Å²) in [5.74, 6) is 2.56. The van der Waals surface area contributed by atoms with Crippen molar-refractivity contribution in [3.8, 4) is 11.5 Å². The molecule has 1 aliphatic carbocycles. The third-order valence-electron chi connectivity index (χ3n) is 7.29. The Morgan fingerprint density at radius 2 is 1.68 bits per heavy atom. The number of nitrogens with zero attached hydrogens (tertiary/aromatic N) is 2. The van der Waals surface area contributed by atoms with Crippen LogP contribution in [-0.2, 0) is 23.2 Å². The Balaban J connectivity index is 1.11. The molecule has 5 heteroatoms. The number of amides is 1. The van der Waals surface area contributed by atoms with E-state index in [0.29, 0.717) is 18.4 Å². The maximum atomic E-state index is 13.4. The number of pyridine rings is 1. The Kier molecular flexibility index (Phi) is 6.52. The number of likely N-dealkylation sites (tertiary alicyclic amines) is 1. The van der Waals surface area contributed by atoms with Gasteiger partial charge in [-0.2, -0.15) is 0 Å². The van der Waals surface area contributed by atoms with E-state index < -0.39 is 0 Å². The van der Waals surface area contributed by atoms with Crippen LogP contribution in [0.15, 0.2) is 73.1 Å². The summed E-state index contributed by atoms with van der Waals surface area (Å²) in [5.41, 5.74) is 3.34. The lowest BCUT2D eigenvalue weighted by molar-refractivity contribution is -0.135. The summed E-state index contributed by atoms with van der Waals surface area (Å²) in [6.07, 6.45) is 8.58. The zero-order valence-electron chi connectivity index (χ0n) is 19.8. The molecule has 5 nitrogen and oxygen atoms in total. The largest absolute Gasteiger partial charge is 0.497 e. The minimum atomic E-state index is -0.299. The zero-order chi connectivity index (χ0) is 23.4. The molecular weight excluding hydrogens is 424 g/mol. The van der Waals surface area contributed by atoms with Gasteiger partial charge >= 0.3 is 0 Å². The number of piperidine rings is 1. The Hall–Kier alpha value is -3.34. The monoisotopic (exact) mass is 456 g/mol. The normalized spacial score (nSPS) is 17.3. The van der Waals surface area contributed by atoms with Gasteiger partial charge in [0.1, 0.15) is 18.1 Å². The van der Waals surface area contributed by atoms with Crippen LogP contribution in [0, 0.1) is 5.92 Å². The van der Waals surface area contributed by atoms with Crippen molar-refractivity contribution in [1.82, 2.24) is 9.88 Å². The molecule has 2 heterocycles. The van der Waals surface area contributed by atoms with Crippen LogP contribution in [0.5, 0.6) is 11.5 Å². The minimum absolute atomic E-state index is 0.299. The summed E-state index contributed by atoms with van der Waals surface area (Å²) in [4.78, 5) is 19.6. The number of hydrogen-bond donors (Lipinski definition) is 0. The third-order valence-corrected chi connectivity index (χ3v) is 7.29. The van der Waals surface area contributed by atoms with Gasteiger partial charge in [-0.05, 0) is 79.0 Å². The molecule has 1 saturated carbocycles. The molecule has 0 bridgehead atoms. The lowest BCUT2D eigenvalue weighted by atomic mass is 9.88. The van der Waals surface area contributed by atoms with Gasteiger partial charge in [0.05, 0.1) is 18.7 Å². The van der Waals surface area contributed by atoms with E-state index >= 15 is 0 Å². The number of ether oxygens (including phenoxy) is 2. The maximum absolute atomic E-state index is 13.4. The average molecular weight is 457 g/mol. The second-order valence-electron chi connectivity index (χ2n) is 9.54. The highest BCUT2D eigenvalue weighted by atomic mass is 16.5. The fraction of sp³-hybridized carbons (Fsp3) is 0.379. The molecule has 2 aromatic carbocycles. The van der Waals surface area contributed by atoms with Gasteiger partial charge in [0.2, 0.25) is 5.91 Å². The van der Waals surface area contributed by atoms with Crippen molar-refractivity contribution in [3.05, 3.63) is 89.7 Å². The molecule has 176 valence electrons. The second-order valence-corrected chi connectivity index (χ2v) is 9.54. The predicted octanol–water partition coefficient (Wildman–Crippen LogP) is 5.18. The summed E-state index contributed by atoms with van der Waals surface area (Å²) in [6.45, 7) is 2.26. The van der Waals surface area contributed by atoms with Crippen molar-refractivity contribution < 1.29 is 14.3 Å². The second kappa shape index (κ2) is 9.88. The molecule has 0 spiro atoms. The molecule has 34 heavy (non-hydrogen) atoms. The fourth-order valence-corrected chi connectivity index (χ4v) is 5.01. The SMILES string of the molecule is COc1ccc(C2(C(=O)N3CCC(Cc4ccc(COc5cccnc5)cc4)CC3)CC2)cc1. The van der Waals surface area contributed by atoms with Crippen molar-refractivity contribution in [2.45, 2.75) is 44.1 Å². The maximum Gasteiger partial charge on any atom is 0.233 e. The van der Waals surface area contributed by atoms with E-state index in [1.165, 1.54) is 5.56 Å². The average Bonchev–Trinajstić information content (AvgIpc) is 3.71. The van der Waals surface area contributed by atoms with Gasteiger partial charge in [0.25, 0.3) is 0 Å². The molecule has 1 amide bonds. The molecule has 2 aliphatic rings. The number of benzene rings is 2. The first-order chi connectivity index (χ1) is 16.7. The summed E-state index contributed by atoms with van der Waals surface area (Å²) in [5, 5.41) is 0. The first-order valence-corrected chi connectivity index (χ1v) is 12.2. The Morgan fingerprint density at radius 3 is 2.29 bits per heavy atom. The van der Waals surface area contributed by atoms with Gasteiger partial charge in [0.15, 0.2) is 0 Å². The molecule has 0 radical (unpaired) electrons. The van der Waals surface area contributed by atoms with E-state index in [1.807, 2.05) is 24.3 Å². The Morgan fingerprint density at radius 1 is 0.971 bits per heavy atom. The standard InChI is InChI=1S/C29H32N2O3/c1-33-26-10-8-25(9-11-26)29(14-15-29)28(32)31-17-12-23(13-18-31)19-22-4-6-24(7-5-22)21-34-27-3-2-16-30-20-27/h2-11,16,20,23H,12-15,17-19,21H2,1H3. The van der Waals surface area contributed by atoms with Crippen molar-refractivity contribution in [2.24, 2.45) is 5.92 Å². The van der Waals surface area contributed by atoms with Crippen LogP contribution >= 0.6 is 0 Å². The van der Waals surface area contributed by atoms with E-state index in [2.05, 4.69) is 46.3 Å². The molecular formula is C29H32N2O3. The van der Waals surface area contributed by atoms with Crippen LogP contribution in [0.4, 0.5) is 0 Å². The topological polar surface area (TPSA) is 51.7 Å². The van der Waals surface area contributed by atoms with E-state index in [1.54, 1.807) is 19.5 Å². The summed E-state index contributed by atoms with van der Waals surface area (Å²) in [7, 11) is 1.67. The van der Waals surface area contributed by atoms with Crippen molar-refractivity contribution >= 4 is 5.91 Å². The first-order valence-electron chi connectivity index (χ1n) is 12.2. The molecule has 3 aromatic rings. The van der Waals surface area contributed by atoms with Gasteiger partial charge < -0.3 is 14.4 Å². The van der Waals surface area contributed by atoms with E-state index in [0.717, 1.165) is 67.8 Å². The van der Waals surface area contributed by atoms with Gasteiger partial charge in [-0.15, -0.1) is 0 Å². The lowest BCUT2D eigenvalue weighted by Gasteiger charge is -2.34. The number of aromatic nitrogens is 1. The minimum Gasteiger partial charge on any atom is -0.497 e. The van der Waals surface area contributed by atoms with Crippen molar-refractivity contribution in [2.75, 3.05) is 20.2 Å². The van der Waals surface area contributed by atoms with E-state index in [4.69, 9.17) is 9.47 Å². The molecule has 0 N–H and O–H groups in total. The first kappa shape index (κ1) is 22.5. The Bertz CT molecular complexity index is 1080. The van der Waals surface area contributed by atoms with Crippen LogP contribution in [0.1, 0.15) is 42.4 Å². The summed E-state index contributed by atoms with van der Waals surface area (Å²) >= 11 is 0. The molecule has 1 saturated heterocycles. The van der Waals surface area contributed by atoms with Gasteiger partial charge in [-0.3, -0.25) is 9.78 Å².